The molecule has 0 saturated carbocycles. The Kier molecular flexibility index (Phi) is 5.89. The van der Waals surface area contributed by atoms with Gasteiger partial charge in [0.05, 0.1) is 12.2 Å². The molecular formula is C21H20N4O2. The van der Waals surface area contributed by atoms with Gasteiger partial charge in [-0.2, -0.15) is 0 Å². The standard InChI is InChI=1S/C21H20N4O2/c1-2-15-9-11-16(12-10-15)24-21(27)19-8-5-7-18(25-19)20(26)23-14-17-6-3-4-13-22-17/h3-13H,2,14H2,1H3,(H,23,26)(H,24,27). The van der Waals surface area contributed by atoms with Gasteiger partial charge < -0.3 is 10.6 Å². The zero-order valence-electron chi connectivity index (χ0n) is 15.0. The minimum absolute atomic E-state index is 0.180. The molecule has 0 aliphatic heterocycles. The summed E-state index contributed by atoms with van der Waals surface area (Å²) in [7, 11) is 0. The first-order chi connectivity index (χ1) is 13.2. The highest BCUT2D eigenvalue weighted by molar-refractivity contribution is 6.03. The van der Waals surface area contributed by atoms with Crippen LogP contribution in [0.3, 0.4) is 0 Å². The lowest BCUT2D eigenvalue weighted by molar-refractivity contribution is 0.0945. The van der Waals surface area contributed by atoms with Crippen molar-refractivity contribution >= 4 is 17.5 Å². The first-order valence-electron chi connectivity index (χ1n) is 8.71. The summed E-state index contributed by atoms with van der Waals surface area (Å²) in [6.45, 7) is 2.36. The summed E-state index contributed by atoms with van der Waals surface area (Å²) in [5, 5.41) is 5.54. The van der Waals surface area contributed by atoms with Gasteiger partial charge in [-0.05, 0) is 48.4 Å². The second kappa shape index (κ2) is 8.71. The molecule has 136 valence electrons. The third kappa shape index (κ3) is 4.98. The Morgan fingerprint density at radius 3 is 2.30 bits per heavy atom. The highest BCUT2D eigenvalue weighted by Crippen LogP contribution is 2.11. The summed E-state index contributed by atoms with van der Waals surface area (Å²) >= 11 is 0. The Morgan fingerprint density at radius 2 is 1.63 bits per heavy atom. The number of carbonyl (C=O) groups is 2. The number of pyridine rings is 2. The fourth-order valence-electron chi connectivity index (χ4n) is 2.47. The fraction of sp³-hybridized carbons (Fsp3) is 0.143. The van der Waals surface area contributed by atoms with Crippen molar-refractivity contribution in [3.05, 3.63) is 89.5 Å². The molecular weight excluding hydrogens is 340 g/mol. The van der Waals surface area contributed by atoms with Crippen molar-refractivity contribution in [2.45, 2.75) is 19.9 Å². The molecule has 2 amide bonds. The zero-order valence-corrected chi connectivity index (χ0v) is 15.0. The summed E-state index contributed by atoms with van der Waals surface area (Å²) in [6, 6.07) is 17.9. The van der Waals surface area contributed by atoms with Gasteiger partial charge in [0.15, 0.2) is 0 Å². The molecule has 6 heteroatoms. The number of amides is 2. The van der Waals surface area contributed by atoms with Gasteiger partial charge in [0.25, 0.3) is 11.8 Å². The molecule has 0 radical (unpaired) electrons. The maximum atomic E-state index is 12.4. The number of nitrogens with one attached hydrogen (secondary N) is 2. The minimum Gasteiger partial charge on any atom is -0.345 e. The van der Waals surface area contributed by atoms with Gasteiger partial charge in [-0.1, -0.05) is 31.2 Å². The lowest BCUT2D eigenvalue weighted by Gasteiger charge is -2.08. The second-order valence-electron chi connectivity index (χ2n) is 5.92. The van der Waals surface area contributed by atoms with Crippen molar-refractivity contribution < 1.29 is 9.59 Å². The monoisotopic (exact) mass is 360 g/mol. The van der Waals surface area contributed by atoms with Crippen LogP contribution in [-0.4, -0.2) is 21.8 Å². The highest BCUT2D eigenvalue weighted by atomic mass is 16.2. The van der Waals surface area contributed by atoms with Gasteiger partial charge in [0, 0.05) is 11.9 Å². The number of nitrogens with zero attached hydrogens (tertiary/aromatic N) is 2. The number of benzene rings is 1. The van der Waals surface area contributed by atoms with Crippen LogP contribution in [0.15, 0.2) is 66.9 Å². The molecule has 0 aliphatic rings. The largest absolute Gasteiger partial charge is 0.345 e. The van der Waals surface area contributed by atoms with Crippen LogP contribution in [0.1, 0.15) is 39.2 Å². The molecule has 2 N–H and O–H groups in total. The van der Waals surface area contributed by atoms with Crippen LogP contribution in [0, 0.1) is 0 Å². The summed E-state index contributed by atoms with van der Waals surface area (Å²) in [6.07, 6.45) is 2.60. The maximum Gasteiger partial charge on any atom is 0.274 e. The van der Waals surface area contributed by atoms with E-state index in [9.17, 15) is 9.59 Å². The van der Waals surface area contributed by atoms with Gasteiger partial charge >= 0.3 is 0 Å². The van der Waals surface area contributed by atoms with Crippen LogP contribution >= 0.6 is 0 Å². The second-order valence-corrected chi connectivity index (χ2v) is 5.92. The smallest absolute Gasteiger partial charge is 0.274 e. The van der Waals surface area contributed by atoms with Gasteiger partial charge in [-0.25, -0.2) is 4.98 Å². The molecule has 0 aliphatic carbocycles. The van der Waals surface area contributed by atoms with Crippen LogP contribution < -0.4 is 10.6 Å². The fourth-order valence-corrected chi connectivity index (χ4v) is 2.47. The quantitative estimate of drug-likeness (QED) is 0.707. The topological polar surface area (TPSA) is 84.0 Å². The molecule has 0 fully saturated rings. The Bertz CT molecular complexity index is 924. The van der Waals surface area contributed by atoms with Crippen molar-refractivity contribution in [1.29, 1.82) is 0 Å². The van der Waals surface area contributed by atoms with E-state index in [4.69, 9.17) is 0 Å². The molecule has 0 spiro atoms. The molecule has 0 bridgehead atoms. The molecule has 27 heavy (non-hydrogen) atoms. The third-order valence-electron chi connectivity index (χ3n) is 3.99. The van der Waals surface area contributed by atoms with Crippen LogP contribution in [0.4, 0.5) is 5.69 Å². The van der Waals surface area contributed by atoms with Crippen LogP contribution in [0.5, 0.6) is 0 Å². The first-order valence-corrected chi connectivity index (χ1v) is 8.71. The number of hydrogen-bond donors (Lipinski definition) is 2. The average Bonchev–Trinajstić information content (AvgIpc) is 2.73. The van der Waals surface area contributed by atoms with Gasteiger partial charge in [-0.3, -0.25) is 14.6 Å². The molecule has 0 saturated heterocycles. The molecule has 2 aromatic heterocycles. The maximum absolute atomic E-state index is 12.4. The number of rotatable bonds is 6. The number of aryl methyl sites for hydroxylation is 1. The molecule has 1 aromatic carbocycles. The van der Waals surface area contributed by atoms with Gasteiger partial charge in [-0.15, -0.1) is 0 Å². The van der Waals surface area contributed by atoms with Crippen molar-refractivity contribution in [2.24, 2.45) is 0 Å². The van der Waals surface area contributed by atoms with E-state index in [1.165, 1.54) is 5.56 Å². The third-order valence-corrected chi connectivity index (χ3v) is 3.99. The van der Waals surface area contributed by atoms with E-state index in [1.54, 1.807) is 24.4 Å². The van der Waals surface area contributed by atoms with Crippen LogP contribution in [0.2, 0.25) is 0 Å². The normalized spacial score (nSPS) is 10.3. The SMILES string of the molecule is CCc1ccc(NC(=O)c2cccc(C(=O)NCc3ccccn3)n2)cc1. The van der Waals surface area contributed by atoms with Crippen molar-refractivity contribution in [3.63, 3.8) is 0 Å². The van der Waals surface area contributed by atoms with Crippen LogP contribution in [-0.2, 0) is 13.0 Å². The van der Waals surface area contributed by atoms with E-state index in [0.717, 1.165) is 12.1 Å². The van der Waals surface area contributed by atoms with Gasteiger partial charge in [0.2, 0.25) is 0 Å². The van der Waals surface area contributed by atoms with Crippen molar-refractivity contribution in [1.82, 2.24) is 15.3 Å². The Hall–Kier alpha value is -3.54. The molecule has 0 unspecified atom stereocenters. The summed E-state index contributed by atoms with van der Waals surface area (Å²) < 4.78 is 0. The predicted octanol–water partition coefficient (Wildman–Crippen LogP) is 3.22. The average molecular weight is 360 g/mol. The van der Waals surface area contributed by atoms with E-state index in [-0.39, 0.29) is 23.2 Å². The number of hydrogen-bond acceptors (Lipinski definition) is 4. The number of anilines is 1. The lowest BCUT2D eigenvalue weighted by atomic mass is 10.1. The summed E-state index contributed by atoms with van der Waals surface area (Å²) in [5.74, 6) is -0.721. The Morgan fingerprint density at radius 1 is 0.889 bits per heavy atom. The summed E-state index contributed by atoms with van der Waals surface area (Å²) in [4.78, 5) is 33.0. The molecule has 3 rings (SSSR count). The Labute approximate surface area is 157 Å². The van der Waals surface area contributed by atoms with E-state index in [1.807, 2.05) is 42.5 Å². The van der Waals surface area contributed by atoms with Gasteiger partial charge in [0.1, 0.15) is 11.4 Å². The number of carbonyl (C=O) groups excluding carboxylic acids is 2. The minimum atomic E-state index is -0.362. The van der Waals surface area contributed by atoms with E-state index >= 15 is 0 Å². The lowest BCUT2D eigenvalue weighted by Crippen LogP contribution is -2.25. The van der Waals surface area contributed by atoms with Crippen LogP contribution in [0.25, 0.3) is 0 Å². The Balaban J connectivity index is 1.64. The van der Waals surface area contributed by atoms with Crippen molar-refractivity contribution in [2.75, 3.05) is 5.32 Å². The first kappa shape index (κ1) is 18.3. The van der Waals surface area contributed by atoms with E-state index in [0.29, 0.717) is 12.2 Å². The number of aromatic nitrogens is 2. The van der Waals surface area contributed by atoms with E-state index in [2.05, 4.69) is 27.5 Å². The van der Waals surface area contributed by atoms with Crippen molar-refractivity contribution in [3.8, 4) is 0 Å². The highest BCUT2D eigenvalue weighted by Gasteiger charge is 2.12. The molecule has 0 atom stereocenters. The molecule has 2 heterocycles. The zero-order chi connectivity index (χ0) is 19.1. The predicted molar refractivity (Wildman–Crippen MR) is 103 cm³/mol. The van der Waals surface area contributed by atoms with E-state index < -0.39 is 0 Å². The molecule has 6 nitrogen and oxygen atoms in total. The molecule has 3 aromatic rings. The summed E-state index contributed by atoms with van der Waals surface area (Å²) in [5.41, 5.74) is 2.98.